The number of carbonyl (C=O) groups is 1. The fraction of sp³-hybridized carbons (Fsp3) is 0.750. The molecule has 0 N–H and O–H groups in total. The first-order chi connectivity index (χ1) is 6.18. The van der Waals surface area contributed by atoms with Crippen molar-refractivity contribution in [3.63, 3.8) is 0 Å². The molecule has 0 aromatic heterocycles. The van der Waals surface area contributed by atoms with Crippen LogP contribution in [0.25, 0.3) is 0 Å². The predicted molar refractivity (Wildman–Crippen MR) is 53.3 cm³/mol. The number of fused-ring (bicyclic) bond motifs is 2. The minimum atomic E-state index is 0.346. The lowest BCUT2D eigenvalue weighted by molar-refractivity contribution is -0.117. The molecule has 1 saturated carbocycles. The van der Waals surface area contributed by atoms with Gasteiger partial charge < -0.3 is 4.79 Å². The number of rotatable bonds is 3. The highest BCUT2D eigenvalue weighted by Crippen LogP contribution is 2.49. The molecule has 0 heterocycles. The third kappa shape index (κ3) is 1.56. The van der Waals surface area contributed by atoms with Crippen LogP contribution in [0, 0.1) is 23.7 Å². The Morgan fingerprint density at radius 1 is 1.38 bits per heavy atom. The van der Waals surface area contributed by atoms with Crippen LogP contribution in [0.1, 0.15) is 33.1 Å². The van der Waals surface area contributed by atoms with E-state index >= 15 is 0 Å². The van der Waals surface area contributed by atoms with Gasteiger partial charge in [0.15, 0.2) is 0 Å². The quantitative estimate of drug-likeness (QED) is 0.607. The Bertz CT molecular complexity index is 242. The standard InChI is InChI=1S/C12H18O/c1-8(13)3-6-12-9(2)10-4-5-11(12)7-10/h4-5,9-12H,3,6-7H2,1-2H3. The van der Waals surface area contributed by atoms with Gasteiger partial charge in [-0.2, -0.15) is 0 Å². The summed E-state index contributed by atoms with van der Waals surface area (Å²) in [6.07, 6.45) is 7.99. The molecule has 72 valence electrons. The van der Waals surface area contributed by atoms with Crippen LogP contribution in [0.4, 0.5) is 0 Å². The summed E-state index contributed by atoms with van der Waals surface area (Å²) in [5, 5.41) is 0. The third-order valence-electron chi connectivity index (χ3n) is 3.88. The van der Waals surface area contributed by atoms with E-state index in [0.717, 1.165) is 36.5 Å². The van der Waals surface area contributed by atoms with Crippen molar-refractivity contribution in [1.82, 2.24) is 0 Å². The molecule has 0 radical (unpaired) electrons. The first-order valence-electron chi connectivity index (χ1n) is 5.36. The predicted octanol–water partition coefficient (Wildman–Crippen LogP) is 2.81. The summed E-state index contributed by atoms with van der Waals surface area (Å²) in [4.78, 5) is 10.9. The molecule has 2 aliphatic carbocycles. The van der Waals surface area contributed by atoms with Crippen molar-refractivity contribution in [2.45, 2.75) is 33.1 Å². The molecule has 1 heteroatoms. The van der Waals surface area contributed by atoms with Crippen LogP contribution >= 0.6 is 0 Å². The van der Waals surface area contributed by atoms with Gasteiger partial charge in [0.25, 0.3) is 0 Å². The topological polar surface area (TPSA) is 17.1 Å². The average Bonchev–Trinajstić information content (AvgIpc) is 2.61. The van der Waals surface area contributed by atoms with Crippen LogP contribution in [-0.2, 0) is 4.79 Å². The van der Waals surface area contributed by atoms with Gasteiger partial charge in [-0.25, -0.2) is 0 Å². The second-order valence-corrected chi connectivity index (χ2v) is 4.71. The summed E-state index contributed by atoms with van der Waals surface area (Å²) in [7, 11) is 0. The van der Waals surface area contributed by atoms with Crippen molar-refractivity contribution in [1.29, 1.82) is 0 Å². The second kappa shape index (κ2) is 3.28. The van der Waals surface area contributed by atoms with Crippen LogP contribution < -0.4 is 0 Å². The van der Waals surface area contributed by atoms with Gasteiger partial charge >= 0.3 is 0 Å². The lowest BCUT2D eigenvalue weighted by Crippen LogP contribution is -2.17. The molecule has 2 rings (SSSR count). The molecule has 0 saturated heterocycles. The number of carbonyl (C=O) groups excluding carboxylic acids is 1. The van der Waals surface area contributed by atoms with Crippen molar-refractivity contribution in [2.24, 2.45) is 23.7 Å². The third-order valence-corrected chi connectivity index (χ3v) is 3.88. The molecule has 0 aromatic carbocycles. The molecule has 2 bridgehead atoms. The van der Waals surface area contributed by atoms with Crippen molar-refractivity contribution in [3.05, 3.63) is 12.2 Å². The minimum absolute atomic E-state index is 0.346. The Morgan fingerprint density at radius 3 is 2.62 bits per heavy atom. The lowest BCUT2D eigenvalue weighted by Gasteiger charge is -2.24. The van der Waals surface area contributed by atoms with E-state index in [1.54, 1.807) is 6.92 Å². The Balaban J connectivity index is 1.93. The zero-order chi connectivity index (χ0) is 9.42. The van der Waals surface area contributed by atoms with Gasteiger partial charge in [0.05, 0.1) is 0 Å². The molecule has 2 aliphatic rings. The SMILES string of the molecule is CC(=O)CCC1C2C=CC(C2)C1C. The molecule has 1 fully saturated rings. The van der Waals surface area contributed by atoms with Crippen LogP contribution in [0.3, 0.4) is 0 Å². The van der Waals surface area contributed by atoms with E-state index in [0.29, 0.717) is 5.78 Å². The van der Waals surface area contributed by atoms with Crippen molar-refractivity contribution < 1.29 is 4.79 Å². The Hall–Kier alpha value is -0.590. The van der Waals surface area contributed by atoms with E-state index in [9.17, 15) is 4.79 Å². The van der Waals surface area contributed by atoms with Gasteiger partial charge in [0.2, 0.25) is 0 Å². The van der Waals surface area contributed by atoms with Crippen molar-refractivity contribution in [3.8, 4) is 0 Å². The fourth-order valence-electron chi connectivity index (χ4n) is 3.02. The van der Waals surface area contributed by atoms with Crippen LogP contribution in [-0.4, -0.2) is 5.78 Å². The highest BCUT2D eigenvalue weighted by Gasteiger charge is 2.41. The number of Topliss-reactive ketones (excluding diaryl/α,β-unsaturated/α-hetero) is 1. The zero-order valence-corrected chi connectivity index (χ0v) is 8.49. The monoisotopic (exact) mass is 178 g/mol. The molecule has 4 atom stereocenters. The lowest BCUT2D eigenvalue weighted by atomic mass is 9.81. The molecular weight excluding hydrogens is 160 g/mol. The van der Waals surface area contributed by atoms with Crippen LogP contribution in [0.15, 0.2) is 12.2 Å². The van der Waals surface area contributed by atoms with Gasteiger partial charge in [0, 0.05) is 6.42 Å². The van der Waals surface area contributed by atoms with E-state index < -0.39 is 0 Å². The maximum absolute atomic E-state index is 10.9. The molecule has 0 spiro atoms. The highest BCUT2D eigenvalue weighted by molar-refractivity contribution is 5.75. The summed E-state index contributed by atoms with van der Waals surface area (Å²) in [6, 6.07) is 0. The molecule has 0 amide bonds. The summed E-state index contributed by atoms with van der Waals surface area (Å²) in [5.74, 6) is 3.56. The second-order valence-electron chi connectivity index (χ2n) is 4.71. The van der Waals surface area contributed by atoms with E-state index in [1.807, 2.05) is 0 Å². The molecule has 0 aliphatic heterocycles. The van der Waals surface area contributed by atoms with E-state index in [1.165, 1.54) is 6.42 Å². The summed E-state index contributed by atoms with van der Waals surface area (Å²) >= 11 is 0. The first kappa shape index (κ1) is 8.98. The maximum atomic E-state index is 10.9. The number of hydrogen-bond acceptors (Lipinski definition) is 1. The molecule has 4 unspecified atom stereocenters. The van der Waals surface area contributed by atoms with Crippen molar-refractivity contribution >= 4 is 5.78 Å². The Labute approximate surface area is 80.2 Å². The largest absolute Gasteiger partial charge is 0.300 e. The van der Waals surface area contributed by atoms with Gasteiger partial charge in [-0.05, 0) is 43.4 Å². The zero-order valence-electron chi connectivity index (χ0n) is 8.49. The van der Waals surface area contributed by atoms with Crippen LogP contribution in [0.2, 0.25) is 0 Å². The van der Waals surface area contributed by atoms with Gasteiger partial charge in [-0.1, -0.05) is 19.1 Å². The average molecular weight is 178 g/mol. The summed E-state index contributed by atoms with van der Waals surface area (Å²) in [6.45, 7) is 4.05. The molecule has 13 heavy (non-hydrogen) atoms. The van der Waals surface area contributed by atoms with E-state index in [-0.39, 0.29) is 0 Å². The molecule has 1 nitrogen and oxygen atoms in total. The summed E-state index contributed by atoms with van der Waals surface area (Å²) in [5.41, 5.74) is 0. The highest BCUT2D eigenvalue weighted by atomic mass is 16.1. The van der Waals surface area contributed by atoms with Crippen LogP contribution in [0.5, 0.6) is 0 Å². The maximum Gasteiger partial charge on any atom is 0.129 e. The van der Waals surface area contributed by atoms with E-state index in [2.05, 4.69) is 19.1 Å². The fourth-order valence-corrected chi connectivity index (χ4v) is 3.02. The Kier molecular flexibility index (Phi) is 2.27. The van der Waals surface area contributed by atoms with Gasteiger partial charge in [-0.3, -0.25) is 0 Å². The van der Waals surface area contributed by atoms with Crippen molar-refractivity contribution in [2.75, 3.05) is 0 Å². The van der Waals surface area contributed by atoms with Gasteiger partial charge in [-0.15, -0.1) is 0 Å². The van der Waals surface area contributed by atoms with E-state index in [4.69, 9.17) is 0 Å². The smallest absolute Gasteiger partial charge is 0.129 e. The normalized spacial score (nSPS) is 41.4. The number of allylic oxidation sites excluding steroid dienone is 2. The van der Waals surface area contributed by atoms with Gasteiger partial charge in [0.1, 0.15) is 5.78 Å². The minimum Gasteiger partial charge on any atom is -0.300 e. The Morgan fingerprint density at radius 2 is 2.08 bits per heavy atom. The molecular formula is C12H18O. The summed E-state index contributed by atoms with van der Waals surface area (Å²) < 4.78 is 0. The molecule has 0 aromatic rings. The number of hydrogen-bond donors (Lipinski definition) is 0. The first-order valence-corrected chi connectivity index (χ1v) is 5.36. The number of ketones is 1.